The molecule has 3 N–H and O–H groups in total. The molecular weight excluding hydrogens is 290 g/mol. The molecule has 7 nitrogen and oxygen atoms in total. The Morgan fingerprint density at radius 3 is 2.86 bits per heavy atom. The van der Waals surface area contributed by atoms with Gasteiger partial charge in [-0.25, -0.2) is 13.1 Å². The number of anilines is 1. The summed E-state index contributed by atoms with van der Waals surface area (Å²) in [6.07, 6.45) is 4.09. The number of aryl methyl sites for hydroxylation is 1. The first kappa shape index (κ1) is 15.0. The fourth-order valence-electron chi connectivity index (χ4n) is 1.82. The van der Waals surface area contributed by atoms with E-state index in [0.29, 0.717) is 18.5 Å². The van der Waals surface area contributed by atoms with Crippen molar-refractivity contribution in [2.45, 2.75) is 17.9 Å². The number of nitrogens with zero attached hydrogens (tertiary/aromatic N) is 3. The molecule has 0 saturated heterocycles. The molecule has 0 bridgehead atoms. The maximum absolute atomic E-state index is 12.1. The number of hydrogen-bond donors (Lipinski definition) is 2. The number of aromatic nitrogens is 2. The van der Waals surface area contributed by atoms with Crippen LogP contribution in [0.1, 0.15) is 12.0 Å². The number of hydrogen-bond acceptors (Lipinski definition) is 5. The normalized spacial score (nSPS) is 11.2. The van der Waals surface area contributed by atoms with Crippen LogP contribution in [0, 0.1) is 11.3 Å². The van der Waals surface area contributed by atoms with E-state index in [1.165, 1.54) is 18.2 Å². The predicted molar refractivity (Wildman–Crippen MR) is 77.6 cm³/mol. The van der Waals surface area contributed by atoms with E-state index < -0.39 is 10.0 Å². The van der Waals surface area contributed by atoms with Crippen LogP contribution in [0.5, 0.6) is 0 Å². The van der Waals surface area contributed by atoms with E-state index in [2.05, 4.69) is 9.82 Å². The fourth-order valence-corrected chi connectivity index (χ4v) is 3.01. The Kier molecular flexibility index (Phi) is 4.57. The number of benzene rings is 1. The van der Waals surface area contributed by atoms with Crippen LogP contribution in [0.15, 0.2) is 41.6 Å². The summed E-state index contributed by atoms with van der Waals surface area (Å²) in [5.41, 5.74) is 6.07. The molecule has 0 aliphatic carbocycles. The summed E-state index contributed by atoms with van der Waals surface area (Å²) in [5, 5.41) is 12.8. The summed E-state index contributed by atoms with van der Waals surface area (Å²) in [4.78, 5) is -0.0133. The van der Waals surface area contributed by atoms with Crippen LogP contribution in [0.25, 0.3) is 0 Å². The smallest absolute Gasteiger partial charge is 0.242 e. The molecule has 110 valence electrons. The van der Waals surface area contributed by atoms with Gasteiger partial charge in [-0.05, 0) is 30.7 Å². The summed E-state index contributed by atoms with van der Waals surface area (Å²) in [7, 11) is -3.67. The Bertz CT molecular complexity index is 747. The van der Waals surface area contributed by atoms with Gasteiger partial charge in [-0.15, -0.1) is 0 Å². The van der Waals surface area contributed by atoms with Crippen molar-refractivity contribution in [3.05, 3.63) is 42.2 Å². The van der Waals surface area contributed by atoms with E-state index in [4.69, 9.17) is 11.0 Å². The first-order valence-corrected chi connectivity index (χ1v) is 7.78. The van der Waals surface area contributed by atoms with Crippen molar-refractivity contribution in [2.24, 2.45) is 0 Å². The maximum atomic E-state index is 12.1. The van der Waals surface area contributed by atoms with Gasteiger partial charge in [0.25, 0.3) is 0 Å². The molecular formula is C13H15N5O2S. The average molecular weight is 305 g/mol. The van der Waals surface area contributed by atoms with Crippen molar-refractivity contribution in [3.8, 4) is 6.07 Å². The molecule has 1 aromatic carbocycles. The molecule has 0 radical (unpaired) electrons. The molecule has 1 heterocycles. The van der Waals surface area contributed by atoms with Crippen molar-refractivity contribution in [1.82, 2.24) is 14.5 Å². The van der Waals surface area contributed by atoms with E-state index in [0.717, 1.165) is 0 Å². The Balaban J connectivity index is 1.97. The summed E-state index contributed by atoms with van der Waals surface area (Å²) in [6.45, 7) is 0.903. The third-order valence-electron chi connectivity index (χ3n) is 2.84. The summed E-state index contributed by atoms with van der Waals surface area (Å²) < 4.78 is 28.4. The Hall–Kier alpha value is -2.37. The molecule has 0 atom stereocenters. The van der Waals surface area contributed by atoms with Crippen LogP contribution in [-0.4, -0.2) is 24.7 Å². The first-order valence-electron chi connectivity index (χ1n) is 6.29. The SMILES string of the molecule is N#Cc1ccc(S(=O)(=O)NCCCn2cccn2)c(N)c1. The highest BCUT2D eigenvalue weighted by Crippen LogP contribution is 2.19. The van der Waals surface area contributed by atoms with E-state index in [1.54, 1.807) is 10.9 Å². The van der Waals surface area contributed by atoms with Gasteiger partial charge in [0, 0.05) is 25.5 Å². The first-order chi connectivity index (χ1) is 10.0. The fraction of sp³-hybridized carbons (Fsp3) is 0.231. The molecule has 0 fully saturated rings. The number of nitrogen functional groups attached to an aromatic ring is 1. The molecule has 1 aromatic heterocycles. The van der Waals surface area contributed by atoms with Gasteiger partial charge in [0.2, 0.25) is 10.0 Å². The number of sulfonamides is 1. The van der Waals surface area contributed by atoms with E-state index in [-0.39, 0.29) is 17.1 Å². The van der Waals surface area contributed by atoms with Gasteiger partial charge in [-0.1, -0.05) is 0 Å². The lowest BCUT2D eigenvalue weighted by Gasteiger charge is -2.09. The summed E-state index contributed by atoms with van der Waals surface area (Å²) in [5.74, 6) is 0. The molecule has 0 unspecified atom stereocenters. The number of nitrogens with two attached hydrogens (primary N) is 1. The Labute approximate surface area is 123 Å². The molecule has 0 saturated carbocycles. The van der Waals surface area contributed by atoms with Gasteiger partial charge in [-0.3, -0.25) is 4.68 Å². The second kappa shape index (κ2) is 6.39. The lowest BCUT2D eigenvalue weighted by Crippen LogP contribution is -2.26. The van der Waals surface area contributed by atoms with E-state index in [9.17, 15) is 8.42 Å². The summed E-state index contributed by atoms with van der Waals surface area (Å²) in [6, 6.07) is 7.82. The van der Waals surface area contributed by atoms with E-state index >= 15 is 0 Å². The van der Waals surface area contributed by atoms with Gasteiger partial charge in [0.1, 0.15) is 4.90 Å². The highest BCUT2D eigenvalue weighted by atomic mass is 32.2. The molecule has 8 heteroatoms. The van der Waals surface area contributed by atoms with Gasteiger partial charge in [0.05, 0.1) is 17.3 Å². The van der Waals surface area contributed by atoms with Crippen LogP contribution in [0.3, 0.4) is 0 Å². The number of nitrogens with one attached hydrogen (secondary N) is 1. The lowest BCUT2D eigenvalue weighted by atomic mass is 10.2. The number of rotatable bonds is 6. The van der Waals surface area contributed by atoms with Crippen molar-refractivity contribution in [3.63, 3.8) is 0 Å². The third kappa shape index (κ3) is 3.81. The second-order valence-electron chi connectivity index (χ2n) is 4.38. The summed E-state index contributed by atoms with van der Waals surface area (Å²) >= 11 is 0. The zero-order valence-corrected chi connectivity index (χ0v) is 12.0. The van der Waals surface area contributed by atoms with Crippen molar-refractivity contribution >= 4 is 15.7 Å². The van der Waals surface area contributed by atoms with Gasteiger partial charge in [0.15, 0.2) is 0 Å². The second-order valence-corrected chi connectivity index (χ2v) is 6.12. The Morgan fingerprint density at radius 1 is 1.43 bits per heavy atom. The Morgan fingerprint density at radius 2 is 2.24 bits per heavy atom. The van der Waals surface area contributed by atoms with Crippen LogP contribution in [0.2, 0.25) is 0 Å². The van der Waals surface area contributed by atoms with Gasteiger partial charge >= 0.3 is 0 Å². The zero-order valence-electron chi connectivity index (χ0n) is 11.2. The van der Waals surface area contributed by atoms with Gasteiger partial charge in [-0.2, -0.15) is 10.4 Å². The molecule has 2 rings (SSSR count). The molecule has 0 spiro atoms. The monoisotopic (exact) mass is 305 g/mol. The lowest BCUT2D eigenvalue weighted by molar-refractivity contribution is 0.553. The molecule has 0 amide bonds. The molecule has 0 aliphatic heterocycles. The average Bonchev–Trinajstić information content (AvgIpc) is 2.96. The van der Waals surface area contributed by atoms with Crippen LogP contribution < -0.4 is 10.5 Å². The minimum Gasteiger partial charge on any atom is -0.398 e. The van der Waals surface area contributed by atoms with Gasteiger partial charge < -0.3 is 5.73 Å². The topological polar surface area (TPSA) is 114 Å². The standard InChI is InChI=1S/C13H15N5O2S/c14-10-11-3-4-13(12(15)9-11)21(19,20)17-6-2-8-18-7-1-5-16-18/h1,3-5,7,9,17H,2,6,8,15H2. The quantitative estimate of drug-likeness (QED) is 0.602. The minimum absolute atomic E-state index is 0.0133. The third-order valence-corrected chi connectivity index (χ3v) is 4.38. The van der Waals surface area contributed by atoms with Crippen LogP contribution >= 0.6 is 0 Å². The highest BCUT2D eigenvalue weighted by Gasteiger charge is 2.16. The molecule has 2 aromatic rings. The molecule has 21 heavy (non-hydrogen) atoms. The largest absolute Gasteiger partial charge is 0.398 e. The van der Waals surface area contributed by atoms with Crippen molar-refractivity contribution in [1.29, 1.82) is 5.26 Å². The van der Waals surface area contributed by atoms with Crippen molar-refractivity contribution in [2.75, 3.05) is 12.3 Å². The molecule has 0 aliphatic rings. The highest BCUT2D eigenvalue weighted by molar-refractivity contribution is 7.89. The van der Waals surface area contributed by atoms with Crippen LogP contribution in [0.4, 0.5) is 5.69 Å². The predicted octanol–water partition coefficient (Wildman–Crippen LogP) is 0.706. The van der Waals surface area contributed by atoms with Crippen molar-refractivity contribution < 1.29 is 8.42 Å². The number of nitriles is 1. The minimum atomic E-state index is -3.67. The van der Waals surface area contributed by atoms with E-state index in [1.807, 2.05) is 18.3 Å². The van der Waals surface area contributed by atoms with Crippen LogP contribution in [-0.2, 0) is 16.6 Å². The zero-order chi connectivity index (χ0) is 15.3. The maximum Gasteiger partial charge on any atom is 0.242 e.